The molecule has 0 atom stereocenters. The fourth-order valence-corrected chi connectivity index (χ4v) is 4.24. The maximum atomic E-state index is 11.8. The van der Waals surface area contributed by atoms with E-state index in [0.29, 0.717) is 11.5 Å². The minimum Gasteiger partial charge on any atom is -0.462 e. The average Bonchev–Trinajstić information content (AvgIpc) is 2.94. The van der Waals surface area contributed by atoms with E-state index in [4.69, 9.17) is 4.74 Å². The summed E-state index contributed by atoms with van der Waals surface area (Å²) in [5, 5.41) is 5.49. The van der Waals surface area contributed by atoms with Gasteiger partial charge in [0, 0.05) is 6.54 Å². The van der Waals surface area contributed by atoms with Gasteiger partial charge in [-0.05, 0) is 36.4 Å². The predicted octanol–water partition coefficient (Wildman–Crippen LogP) is 3.62. The number of carbonyl (C=O) groups excluding carboxylic acids is 1. The topological polar surface area (TPSA) is 38.3 Å². The molecule has 5 heteroatoms. The van der Waals surface area contributed by atoms with Crippen molar-refractivity contribution in [2.45, 2.75) is 13.3 Å². The summed E-state index contributed by atoms with van der Waals surface area (Å²) < 4.78 is 5.07. The second-order valence-electron chi connectivity index (χ2n) is 4.03. The van der Waals surface area contributed by atoms with Gasteiger partial charge in [-0.1, -0.05) is 0 Å². The lowest BCUT2D eigenvalue weighted by molar-refractivity contribution is 0.0532. The van der Waals surface area contributed by atoms with Gasteiger partial charge in [-0.3, -0.25) is 0 Å². The van der Waals surface area contributed by atoms with E-state index in [1.165, 1.54) is 32.3 Å². The Hall–Kier alpha value is -1.33. The summed E-state index contributed by atoms with van der Waals surface area (Å²) in [6.45, 7) is 3.17. The minimum atomic E-state index is -0.207. The van der Waals surface area contributed by atoms with E-state index in [0.717, 1.165) is 13.0 Å². The number of ether oxygens (including phenoxy) is 1. The number of carbonyl (C=O) groups is 1. The van der Waals surface area contributed by atoms with Gasteiger partial charge in [-0.25, -0.2) is 4.79 Å². The number of thiophene rings is 2. The molecule has 0 fully saturated rings. The van der Waals surface area contributed by atoms with Crippen molar-refractivity contribution in [3.63, 3.8) is 0 Å². The van der Waals surface area contributed by atoms with Gasteiger partial charge in [0.2, 0.25) is 0 Å². The van der Waals surface area contributed by atoms with Gasteiger partial charge in [0.05, 0.1) is 22.0 Å². The molecule has 1 N–H and O–H groups in total. The lowest BCUT2D eigenvalue weighted by atomic mass is 10.2. The second kappa shape index (κ2) is 4.74. The van der Waals surface area contributed by atoms with Gasteiger partial charge in [0.25, 0.3) is 0 Å². The van der Waals surface area contributed by atoms with E-state index >= 15 is 0 Å². The fourth-order valence-electron chi connectivity index (χ4n) is 2.07. The molecule has 0 spiro atoms. The standard InChI is InChI=1S/C13H13NO2S2/c1-2-16-13(15)10-7-8-3-5-14-9-4-6-17-12(9)11(8)18-10/h4,6-7,14H,2-3,5H2,1H3. The number of hydrogen-bond acceptors (Lipinski definition) is 5. The Morgan fingerprint density at radius 3 is 3.22 bits per heavy atom. The molecular weight excluding hydrogens is 266 g/mol. The van der Waals surface area contributed by atoms with E-state index in [1.54, 1.807) is 11.3 Å². The monoisotopic (exact) mass is 279 g/mol. The smallest absolute Gasteiger partial charge is 0.348 e. The molecule has 0 aliphatic carbocycles. The highest BCUT2D eigenvalue weighted by molar-refractivity contribution is 7.23. The SMILES string of the molecule is CCOC(=O)c1cc2c(s1)-c1sccc1NCC2. The van der Waals surface area contributed by atoms with Crippen LogP contribution in [0.5, 0.6) is 0 Å². The Labute approximate surface area is 113 Å². The van der Waals surface area contributed by atoms with Crippen LogP contribution in [0.4, 0.5) is 5.69 Å². The molecule has 3 nitrogen and oxygen atoms in total. The first-order valence-electron chi connectivity index (χ1n) is 5.91. The summed E-state index contributed by atoms with van der Waals surface area (Å²) in [4.78, 5) is 14.9. The maximum absolute atomic E-state index is 11.8. The van der Waals surface area contributed by atoms with Crippen LogP contribution >= 0.6 is 22.7 Å². The zero-order valence-electron chi connectivity index (χ0n) is 9.99. The van der Waals surface area contributed by atoms with Crippen LogP contribution < -0.4 is 5.32 Å². The third kappa shape index (κ3) is 1.93. The third-order valence-electron chi connectivity index (χ3n) is 2.87. The van der Waals surface area contributed by atoms with Gasteiger partial charge < -0.3 is 10.1 Å². The van der Waals surface area contributed by atoms with E-state index in [-0.39, 0.29) is 5.97 Å². The van der Waals surface area contributed by atoms with Crippen LogP contribution in [0.1, 0.15) is 22.2 Å². The molecule has 2 aromatic heterocycles. The van der Waals surface area contributed by atoms with E-state index in [9.17, 15) is 4.79 Å². The lowest BCUT2D eigenvalue weighted by Crippen LogP contribution is -2.03. The molecular formula is C13H13NO2S2. The second-order valence-corrected chi connectivity index (χ2v) is 5.99. The Morgan fingerprint density at radius 2 is 2.39 bits per heavy atom. The Bertz CT molecular complexity index is 586. The highest BCUT2D eigenvalue weighted by Gasteiger charge is 2.21. The highest BCUT2D eigenvalue weighted by atomic mass is 32.1. The molecule has 0 saturated carbocycles. The molecule has 0 aromatic carbocycles. The molecule has 94 valence electrons. The minimum absolute atomic E-state index is 0.207. The number of rotatable bonds is 2. The van der Waals surface area contributed by atoms with Gasteiger partial charge in [0.1, 0.15) is 4.88 Å². The summed E-state index contributed by atoms with van der Waals surface area (Å²) in [5.74, 6) is -0.207. The molecule has 1 aliphatic rings. The Balaban J connectivity index is 2.04. The summed E-state index contributed by atoms with van der Waals surface area (Å²) in [6, 6.07) is 4.08. The quantitative estimate of drug-likeness (QED) is 0.853. The van der Waals surface area contributed by atoms with Gasteiger partial charge in [-0.2, -0.15) is 0 Å². The highest BCUT2D eigenvalue weighted by Crippen LogP contribution is 2.42. The summed E-state index contributed by atoms with van der Waals surface area (Å²) >= 11 is 3.26. The van der Waals surface area contributed by atoms with Crippen molar-refractivity contribution < 1.29 is 9.53 Å². The van der Waals surface area contributed by atoms with Crippen molar-refractivity contribution in [2.75, 3.05) is 18.5 Å². The van der Waals surface area contributed by atoms with Crippen LogP contribution in [0.3, 0.4) is 0 Å². The molecule has 0 amide bonds. The average molecular weight is 279 g/mol. The van der Waals surface area contributed by atoms with Crippen molar-refractivity contribution in [3.8, 4) is 9.75 Å². The van der Waals surface area contributed by atoms with E-state index in [2.05, 4.69) is 16.8 Å². The number of esters is 1. The third-order valence-corrected chi connectivity index (χ3v) is 5.10. The first kappa shape index (κ1) is 11.7. The van der Waals surface area contributed by atoms with Gasteiger partial charge in [-0.15, -0.1) is 22.7 Å². The molecule has 18 heavy (non-hydrogen) atoms. The molecule has 3 rings (SSSR count). The molecule has 2 aromatic rings. The summed E-state index contributed by atoms with van der Waals surface area (Å²) in [7, 11) is 0. The summed E-state index contributed by atoms with van der Waals surface area (Å²) in [6.07, 6.45) is 0.951. The van der Waals surface area contributed by atoms with Crippen LogP contribution in [-0.4, -0.2) is 19.1 Å². The molecule has 0 saturated heterocycles. The molecule has 0 bridgehead atoms. The van der Waals surface area contributed by atoms with Crippen LogP contribution in [0, 0.1) is 0 Å². The lowest BCUT2D eigenvalue weighted by Gasteiger charge is -2.00. The Morgan fingerprint density at radius 1 is 1.50 bits per heavy atom. The normalized spacial score (nSPS) is 13.2. The van der Waals surface area contributed by atoms with Crippen molar-refractivity contribution in [3.05, 3.63) is 28.0 Å². The first-order chi connectivity index (χ1) is 8.79. The zero-order valence-corrected chi connectivity index (χ0v) is 11.6. The van der Waals surface area contributed by atoms with E-state index < -0.39 is 0 Å². The van der Waals surface area contributed by atoms with Crippen molar-refractivity contribution in [1.82, 2.24) is 0 Å². The molecule has 1 aliphatic heterocycles. The molecule has 0 unspecified atom stereocenters. The first-order valence-corrected chi connectivity index (χ1v) is 7.60. The van der Waals surface area contributed by atoms with Crippen molar-refractivity contribution in [2.24, 2.45) is 0 Å². The van der Waals surface area contributed by atoms with Crippen molar-refractivity contribution >= 4 is 34.3 Å². The Kier molecular flexibility index (Phi) is 3.09. The molecule has 3 heterocycles. The number of hydrogen-bond donors (Lipinski definition) is 1. The maximum Gasteiger partial charge on any atom is 0.348 e. The van der Waals surface area contributed by atoms with E-state index in [1.807, 2.05) is 13.0 Å². The molecule has 0 radical (unpaired) electrons. The largest absolute Gasteiger partial charge is 0.462 e. The van der Waals surface area contributed by atoms with Gasteiger partial charge >= 0.3 is 5.97 Å². The predicted molar refractivity (Wildman–Crippen MR) is 75.8 cm³/mol. The number of anilines is 1. The van der Waals surface area contributed by atoms with Gasteiger partial charge in [0.15, 0.2) is 0 Å². The van der Waals surface area contributed by atoms with Crippen molar-refractivity contribution in [1.29, 1.82) is 0 Å². The zero-order chi connectivity index (χ0) is 12.5. The van der Waals surface area contributed by atoms with Crippen LogP contribution in [0.15, 0.2) is 17.5 Å². The summed E-state index contributed by atoms with van der Waals surface area (Å²) in [5.41, 5.74) is 2.42. The number of fused-ring (bicyclic) bond motifs is 3. The van der Waals surface area contributed by atoms with Crippen LogP contribution in [0.25, 0.3) is 9.75 Å². The fraction of sp³-hybridized carbons (Fsp3) is 0.308. The van der Waals surface area contributed by atoms with Crippen LogP contribution in [0.2, 0.25) is 0 Å². The van der Waals surface area contributed by atoms with Crippen LogP contribution in [-0.2, 0) is 11.2 Å². The number of nitrogens with one attached hydrogen (secondary N) is 1.